The lowest BCUT2D eigenvalue weighted by atomic mass is 10.0. The normalized spacial score (nSPS) is 19.8. The molecule has 29 heavy (non-hydrogen) atoms. The molecule has 0 saturated carbocycles. The van der Waals surface area contributed by atoms with Gasteiger partial charge in [0.1, 0.15) is 5.84 Å². The number of nitrogens with two attached hydrogens (primary N) is 2. The number of benzene rings is 1. The number of nitrogens with one attached hydrogen (secondary N) is 1. The van der Waals surface area contributed by atoms with Crippen LogP contribution >= 0.6 is 0 Å². The Kier molecular flexibility index (Phi) is 6.39. The van der Waals surface area contributed by atoms with E-state index in [9.17, 15) is 9.47 Å². The Morgan fingerprint density at radius 3 is 2.72 bits per heavy atom. The molecule has 1 aromatic carbocycles. The molecule has 0 amide bonds. The second-order valence-corrected chi connectivity index (χ2v) is 8.76. The van der Waals surface area contributed by atoms with Crippen LogP contribution < -0.4 is 16.8 Å². The Morgan fingerprint density at radius 1 is 1.34 bits per heavy atom. The lowest BCUT2D eigenvalue weighted by molar-refractivity contribution is 0.384. The summed E-state index contributed by atoms with van der Waals surface area (Å²) in [4.78, 5) is 6.76. The van der Waals surface area contributed by atoms with Crippen molar-refractivity contribution >= 4 is 16.6 Å². The smallest absolute Gasteiger partial charge is 0.128 e. The van der Waals surface area contributed by atoms with Gasteiger partial charge in [-0.15, -0.1) is 0 Å². The van der Waals surface area contributed by atoms with Crippen LogP contribution in [0.4, 0.5) is 0 Å². The summed E-state index contributed by atoms with van der Waals surface area (Å²) in [5.41, 5.74) is 18.0. The van der Waals surface area contributed by atoms with E-state index in [1.54, 1.807) is 6.07 Å². The Labute approximate surface area is 173 Å². The van der Waals surface area contributed by atoms with Crippen LogP contribution in [0, 0.1) is 18.3 Å². The van der Waals surface area contributed by atoms with Crippen molar-refractivity contribution in [3.8, 4) is 6.07 Å². The predicted molar refractivity (Wildman–Crippen MR) is 117 cm³/mol. The maximum atomic E-state index is 11.6. The van der Waals surface area contributed by atoms with Crippen molar-refractivity contribution in [1.29, 1.82) is 5.26 Å². The maximum absolute atomic E-state index is 11.6. The van der Waals surface area contributed by atoms with E-state index >= 15 is 0 Å². The van der Waals surface area contributed by atoms with Crippen LogP contribution in [0.25, 0.3) is 0 Å². The highest BCUT2D eigenvalue weighted by Crippen LogP contribution is 2.22. The number of aliphatic imine (C=N–C) groups is 1. The predicted octanol–water partition coefficient (Wildman–Crippen LogP) is 1.35. The first-order valence-electron chi connectivity index (χ1n) is 9.44. The summed E-state index contributed by atoms with van der Waals surface area (Å²) in [6.45, 7) is 5.58. The minimum atomic E-state index is -0.737. The van der Waals surface area contributed by atoms with E-state index in [0.717, 1.165) is 41.2 Å². The maximum Gasteiger partial charge on any atom is 0.128 e. The van der Waals surface area contributed by atoms with Crippen molar-refractivity contribution < 1.29 is 4.21 Å². The molecule has 5 N–H and O–H groups in total. The van der Waals surface area contributed by atoms with E-state index in [1.165, 1.54) is 0 Å². The fourth-order valence-electron chi connectivity index (χ4n) is 3.32. The van der Waals surface area contributed by atoms with Gasteiger partial charge in [0, 0.05) is 52.9 Å². The molecule has 0 aromatic heterocycles. The molecule has 1 aromatic rings. The minimum Gasteiger partial charge on any atom is -0.401 e. The highest BCUT2D eigenvalue weighted by Gasteiger charge is 2.22. The number of nitriles is 1. The van der Waals surface area contributed by atoms with Crippen LogP contribution in [0.15, 0.2) is 58.1 Å². The third-order valence-electron chi connectivity index (χ3n) is 5.13. The molecule has 3 rings (SSSR count). The second kappa shape index (κ2) is 8.97. The van der Waals surface area contributed by atoms with E-state index in [0.29, 0.717) is 35.1 Å². The second-order valence-electron chi connectivity index (χ2n) is 7.07. The average Bonchev–Trinajstić information content (AvgIpc) is 2.72. The largest absolute Gasteiger partial charge is 0.401 e. The van der Waals surface area contributed by atoms with Crippen LogP contribution in [0.1, 0.15) is 23.6 Å². The summed E-state index contributed by atoms with van der Waals surface area (Å²) < 4.78 is 11.6. The summed E-state index contributed by atoms with van der Waals surface area (Å²) in [6.07, 6.45) is 3.88. The Morgan fingerprint density at radius 2 is 2.07 bits per heavy atom. The number of hydrogen-bond acceptors (Lipinski definition) is 6. The molecule has 0 atom stereocenters. The molecule has 8 heteroatoms. The molecular formula is C21H26N6OS. The quantitative estimate of drug-likeness (QED) is 0.509. The van der Waals surface area contributed by atoms with Gasteiger partial charge in [-0.3, -0.25) is 9.20 Å². The molecule has 1 fully saturated rings. The molecule has 0 aliphatic carbocycles. The third-order valence-corrected chi connectivity index (χ3v) is 6.40. The average molecular weight is 411 g/mol. The topological polar surface area (TPSA) is 121 Å². The number of rotatable bonds is 4. The van der Waals surface area contributed by atoms with Crippen LogP contribution in [-0.4, -0.2) is 39.5 Å². The molecule has 0 spiro atoms. The van der Waals surface area contributed by atoms with Crippen molar-refractivity contribution in [1.82, 2.24) is 10.2 Å². The van der Waals surface area contributed by atoms with E-state index in [-0.39, 0.29) is 0 Å². The van der Waals surface area contributed by atoms with Crippen LogP contribution in [0.5, 0.6) is 0 Å². The molecule has 2 aliphatic rings. The van der Waals surface area contributed by atoms with E-state index in [2.05, 4.69) is 21.3 Å². The van der Waals surface area contributed by atoms with Crippen molar-refractivity contribution in [3.63, 3.8) is 0 Å². The van der Waals surface area contributed by atoms with Crippen molar-refractivity contribution in [3.05, 3.63) is 69.8 Å². The van der Waals surface area contributed by atoms with Gasteiger partial charge < -0.3 is 21.7 Å². The Hall–Kier alpha value is -3.05. The highest BCUT2D eigenvalue weighted by atomic mass is 32.2. The van der Waals surface area contributed by atoms with Gasteiger partial charge >= 0.3 is 0 Å². The number of amidine groups is 1. The van der Waals surface area contributed by atoms with Crippen molar-refractivity contribution in [2.45, 2.75) is 20.4 Å². The summed E-state index contributed by atoms with van der Waals surface area (Å²) in [6, 6.07) is 7.79. The van der Waals surface area contributed by atoms with Gasteiger partial charge in [0.15, 0.2) is 0 Å². The van der Waals surface area contributed by atoms with Gasteiger partial charge in [0.25, 0.3) is 0 Å². The van der Waals surface area contributed by atoms with Crippen LogP contribution in [0.3, 0.4) is 0 Å². The van der Waals surface area contributed by atoms with Gasteiger partial charge in [0.05, 0.1) is 29.6 Å². The van der Waals surface area contributed by atoms with Crippen molar-refractivity contribution in [2.24, 2.45) is 16.5 Å². The molecule has 2 heterocycles. The zero-order valence-corrected chi connectivity index (χ0v) is 17.6. The Bertz CT molecular complexity index is 985. The third kappa shape index (κ3) is 4.69. The van der Waals surface area contributed by atoms with Gasteiger partial charge in [0.2, 0.25) is 0 Å². The molecular weight excluding hydrogens is 384 g/mol. The molecule has 0 unspecified atom stereocenters. The fraction of sp³-hybridized carbons (Fsp3) is 0.333. The minimum absolute atomic E-state index is 0.378. The summed E-state index contributed by atoms with van der Waals surface area (Å²) in [7, 11) is -0.737. The first-order chi connectivity index (χ1) is 13.9. The van der Waals surface area contributed by atoms with Gasteiger partial charge in [-0.05, 0) is 37.1 Å². The number of dihydropyridines is 1. The summed E-state index contributed by atoms with van der Waals surface area (Å²) in [5, 5.41) is 12.5. The Balaban J connectivity index is 1.87. The number of allylic oxidation sites excluding steroid dienone is 2. The van der Waals surface area contributed by atoms with Gasteiger partial charge in [-0.2, -0.15) is 5.26 Å². The van der Waals surface area contributed by atoms with Crippen molar-refractivity contribution in [2.75, 3.05) is 24.6 Å². The van der Waals surface area contributed by atoms with Crippen LogP contribution in [0.2, 0.25) is 0 Å². The van der Waals surface area contributed by atoms with Gasteiger partial charge in [-0.25, -0.2) is 0 Å². The van der Waals surface area contributed by atoms with E-state index < -0.39 is 10.8 Å². The lowest BCUT2D eigenvalue weighted by Crippen LogP contribution is -2.39. The first kappa shape index (κ1) is 20.7. The summed E-state index contributed by atoms with van der Waals surface area (Å²) >= 11 is 0. The van der Waals surface area contributed by atoms with Gasteiger partial charge in [-0.1, -0.05) is 12.1 Å². The molecule has 1 saturated heterocycles. The lowest BCUT2D eigenvalue weighted by Gasteiger charge is -2.32. The van der Waals surface area contributed by atoms with Crippen LogP contribution in [-0.2, 0) is 17.3 Å². The number of nitrogens with zero attached hydrogens (tertiary/aromatic N) is 3. The first-order valence-corrected chi connectivity index (χ1v) is 10.9. The fourth-order valence-corrected chi connectivity index (χ4v) is 4.38. The van der Waals surface area contributed by atoms with E-state index in [4.69, 9.17) is 11.5 Å². The molecule has 152 valence electrons. The molecule has 7 nitrogen and oxygen atoms in total. The monoisotopic (exact) mass is 410 g/mol. The van der Waals surface area contributed by atoms with E-state index in [1.807, 2.05) is 38.3 Å². The highest BCUT2D eigenvalue weighted by molar-refractivity contribution is 7.85. The summed E-state index contributed by atoms with van der Waals surface area (Å²) in [5.74, 6) is 1.71. The zero-order valence-electron chi connectivity index (χ0n) is 16.7. The standard InChI is InChI=1S/C21H26N6OS/c1-14-16(11-22)4-3-5-17(14)12-26-21(24)19-10-18(13-25-20(19)15(2)23)27-6-8-29(28)9-7-27/h3-5,10,13,25H,6-9,12,23H2,1-2H3,(H2,24,26)/b20-15+. The SMILES string of the molecule is C/C(N)=C1\NC=C(N2CCS(=O)CC2)C=C1C(N)=NCc1cccc(C#N)c1C. The number of hydrogen-bond donors (Lipinski definition) is 3. The molecule has 0 radical (unpaired) electrons. The zero-order chi connectivity index (χ0) is 21.0. The molecule has 0 bridgehead atoms. The molecule has 2 aliphatic heterocycles.